The molecule has 35 heavy (non-hydrogen) atoms. The molecule has 1 aromatic heterocycles. The molecular formula is C28H24N2O4S. The zero-order valence-electron chi connectivity index (χ0n) is 19.8. The van der Waals surface area contributed by atoms with Crippen molar-refractivity contribution >= 4 is 44.1 Å². The Morgan fingerprint density at radius 1 is 0.971 bits per heavy atom. The quantitative estimate of drug-likeness (QED) is 0.223. The van der Waals surface area contributed by atoms with E-state index in [1.54, 1.807) is 43.5 Å². The summed E-state index contributed by atoms with van der Waals surface area (Å²) in [6.45, 7) is 5.93. The van der Waals surface area contributed by atoms with Crippen LogP contribution in [0.2, 0.25) is 0 Å². The lowest BCUT2D eigenvalue weighted by atomic mass is 9.95. The molecule has 0 saturated carbocycles. The zero-order chi connectivity index (χ0) is 24.9. The van der Waals surface area contributed by atoms with E-state index < -0.39 is 17.7 Å². The molecule has 1 aliphatic heterocycles. The van der Waals surface area contributed by atoms with Gasteiger partial charge in [-0.05, 0) is 55.7 Å². The maximum atomic E-state index is 13.4. The lowest BCUT2D eigenvalue weighted by Crippen LogP contribution is -2.29. The summed E-state index contributed by atoms with van der Waals surface area (Å²) in [4.78, 5) is 32.9. The first kappa shape index (κ1) is 22.8. The molecule has 4 aromatic rings. The van der Waals surface area contributed by atoms with Crippen molar-refractivity contribution < 1.29 is 19.4 Å². The van der Waals surface area contributed by atoms with Crippen LogP contribution in [0, 0.1) is 20.8 Å². The predicted molar refractivity (Wildman–Crippen MR) is 138 cm³/mol. The Morgan fingerprint density at radius 2 is 1.66 bits per heavy atom. The van der Waals surface area contributed by atoms with Crippen LogP contribution < -0.4 is 9.64 Å². The number of ether oxygens (including phenoxy) is 1. The van der Waals surface area contributed by atoms with E-state index in [9.17, 15) is 14.7 Å². The maximum Gasteiger partial charge on any atom is 0.301 e. The standard InChI is InChI=1S/C28H24N2O4S/c1-15-5-7-19(8-6-15)25(31)22-24(18-9-11-20(34-4)12-10-18)30(27(33)26(22)32)28-29-23-17(3)13-16(2)14-21(23)35-28/h5-14,24,31H,1-4H3/t24-/m0/s1. The van der Waals surface area contributed by atoms with E-state index in [2.05, 4.69) is 0 Å². The fourth-order valence-corrected chi connectivity index (χ4v) is 5.63. The van der Waals surface area contributed by atoms with Gasteiger partial charge in [-0.1, -0.05) is 59.4 Å². The molecule has 1 fully saturated rings. The van der Waals surface area contributed by atoms with E-state index >= 15 is 0 Å². The predicted octanol–water partition coefficient (Wildman–Crippen LogP) is 5.86. The molecule has 1 saturated heterocycles. The number of hydrogen-bond donors (Lipinski definition) is 1. The van der Waals surface area contributed by atoms with E-state index in [4.69, 9.17) is 9.72 Å². The van der Waals surface area contributed by atoms with Gasteiger partial charge < -0.3 is 9.84 Å². The third-order valence-electron chi connectivity index (χ3n) is 6.23. The van der Waals surface area contributed by atoms with E-state index in [0.717, 1.165) is 26.9 Å². The lowest BCUT2D eigenvalue weighted by molar-refractivity contribution is -0.132. The van der Waals surface area contributed by atoms with Crippen LogP contribution in [0.25, 0.3) is 16.0 Å². The Hall–Kier alpha value is -3.97. The first-order valence-corrected chi connectivity index (χ1v) is 12.0. The average Bonchev–Trinajstić information content (AvgIpc) is 3.38. The smallest absolute Gasteiger partial charge is 0.301 e. The third-order valence-corrected chi connectivity index (χ3v) is 7.23. The number of carbonyl (C=O) groups is 2. The monoisotopic (exact) mass is 484 g/mol. The van der Waals surface area contributed by atoms with Crippen LogP contribution >= 0.6 is 11.3 Å². The van der Waals surface area contributed by atoms with Gasteiger partial charge in [0.05, 0.1) is 28.9 Å². The van der Waals surface area contributed by atoms with Crippen molar-refractivity contribution in [2.45, 2.75) is 26.8 Å². The first-order valence-electron chi connectivity index (χ1n) is 11.2. The van der Waals surface area contributed by atoms with Gasteiger partial charge in [-0.3, -0.25) is 14.5 Å². The average molecular weight is 485 g/mol. The Morgan fingerprint density at radius 3 is 2.31 bits per heavy atom. The van der Waals surface area contributed by atoms with Gasteiger partial charge in [-0.2, -0.15) is 0 Å². The molecule has 0 unspecified atom stereocenters. The molecule has 5 rings (SSSR count). The molecule has 1 amide bonds. The molecule has 7 heteroatoms. The molecule has 6 nitrogen and oxygen atoms in total. The molecule has 176 valence electrons. The summed E-state index contributed by atoms with van der Waals surface area (Å²) >= 11 is 1.36. The Labute approximate surface area is 207 Å². The largest absolute Gasteiger partial charge is 0.507 e. The van der Waals surface area contributed by atoms with E-state index in [-0.39, 0.29) is 11.3 Å². The molecule has 0 radical (unpaired) electrons. The van der Waals surface area contributed by atoms with Crippen LogP contribution in [0.15, 0.2) is 66.2 Å². The number of aliphatic hydroxyl groups excluding tert-OH is 1. The number of carbonyl (C=O) groups excluding carboxylic acids is 2. The number of Topliss-reactive ketones (excluding diaryl/α,β-unsaturated/α-hetero) is 1. The van der Waals surface area contributed by atoms with Crippen molar-refractivity contribution in [3.05, 3.63) is 94.1 Å². The Bertz CT molecular complexity index is 1500. The van der Waals surface area contributed by atoms with Crippen LogP contribution in [-0.2, 0) is 9.59 Å². The molecule has 0 aliphatic carbocycles. The number of fused-ring (bicyclic) bond motifs is 1. The SMILES string of the molecule is COc1ccc([C@H]2C(=C(O)c3ccc(C)cc3)C(=O)C(=O)N2c2nc3c(C)cc(C)cc3s2)cc1. The summed E-state index contributed by atoms with van der Waals surface area (Å²) in [6, 6.07) is 17.6. The number of aryl methyl sites for hydroxylation is 3. The number of benzene rings is 3. The van der Waals surface area contributed by atoms with Crippen molar-refractivity contribution in [1.29, 1.82) is 0 Å². The van der Waals surface area contributed by atoms with Crippen molar-refractivity contribution in [2.24, 2.45) is 0 Å². The number of thiazole rings is 1. The Balaban J connectivity index is 1.73. The summed E-state index contributed by atoms with van der Waals surface area (Å²) in [5.74, 6) is -1.01. The van der Waals surface area contributed by atoms with Crippen molar-refractivity contribution in [3.63, 3.8) is 0 Å². The van der Waals surface area contributed by atoms with Crippen LogP contribution in [-0.4, -0.2) is 28.9 Å². The van der Waals surface area contributed by atoms with Crippen LogP contribution in [0.4, 0.5) is 5.13 Å². The maximum absolute atomic E-state index is 13.4. The molecule has 2 heterocycles. The lowest BCUT2D eigenvalue weighted by Gasteiger charge is -2.23. The molecule has 0 spiro atoms. The van der Waals surface area contributed by atoms with Gasteiger partial charge in [0.1, 0.15) is 11.5 Å². The van der Waals surface area contributed by atoms with Gasteiger partial charge in [-0.25, -0.2) is 4.98 Å². The van der Waals surface area contributed by atoms with Crippen LogP contribution in [0.1, 0.15) is 33.9 Å². The second kappa shape index (κ2) is 8.67. The summed E-state index contributed by atoms with van der Waals surface area (Å²) in [5, 5.41) is 11.7. The highest BCUT2D eigenvalue weighted by Crippen LogP contribution is 2.45. The number of rotatable bonds is 4. The van der Waals surface area contributed by atoms with Gasteiger partial charge >= 0.3 is 5.91 Å². The minimum absolute atomic E-state index is 0.0381. The van der Waals surface area contributed by atoms with Crippen LogP contribution in [0.5, 0.6) is 5.75 Å². The molecule has 1 N–H and O–H groups in total. The number of aliphatic hydroxyl groups is 1. The number of amides is 1. The molecule has 1 atom stereocenters. The summed E-state index contributed by atoms with van der Waals surface area (Å²) in [6.07, 6.45) is 0. The van der Waals surface area contributed by atoms with Crippen molar-refractivity contribution in [2.75, 3.05) is 12.0 Å². The highest BCUT2D eigenvalue weighted by Gasteiger charge is 2.48. The summed E-state index contributed by atoms with van der Waals surface area (Å²) in [7, 11) is 1.57. The van der Waals surface area contributed by atoms with Crippen molar-refractivity contribution in [3.8, 4) is 5.75 Å². The number of nitrogens with zero attached hydrogens (tertiary/aromatic N) is 2. The highest BCUT2D eigenvalue weighted by molar-refractivity contribution is 7.22. The number of aromatic nitrogens is 1. The van der Waals surface area contributed by atoms with Gasteiger partial charge in [0.2, 0.25) is 0 Å². The zero-order valence-corrected chi connectivity index (χ0v) is 20.6. The van der Waals surface area contributed by atoms with Gasteiger partial charge in [0, 0.05) is 5.56 Å². The Kier molecular flexibility index (Phi) is 5.65. The summed E-state index contributed by atoms with van der Waals surface area (Å²) in [5.41, 5.74) is 5.10. The van der Waals surface area contributed by atoms with Gasteiger partial charge in [0.25, 0.3) is 5.78 Å². The fraction of sp³-hybridized carbons (Fsp3) is 0.179. The van der Waals surface area contributed by atoms with Gasteiger partial charge in [0.15, 0.2) is 5.13 Å². The topological polar surface area (TPSA) is 79.7 Å². The number of methoxy groups -OCH3 is 1. The van der Waals surface area contributed by atoms with Gasteiger partial charge in [-0.15, -0.1) is 0 Å². The van der Waals surface area contributed by atoms with E-state index in [1.165, 1.54) is 16.2 Å². The normalized spacial score (nSPS) is 17.4. The molecule has 1 aliphatic rings. The number of ketones is 1. The number of anilines is 1. The van der Waals surface area contributed by atoms with E-state index in [0.29, 0.717) is 22.0 Å². The third kappa shape index (κ3) is 3.88. The molecular weight excluding hydrogens is 460 g/mol. The highest BCUT2D eigenvalue weighted by atomic mass is 32.1. The van der Waals surface area contributed by atoms with Crippen molar-refractivity contribution in [1.82, 2.24) is 4.98 Å². The van der Waals surface area contributed by atoms with Crippen LogP contribution in [0.3, 0.4) is 0 Å². The molecule has 3 aromatic carbocycles. The second-order valence-corrected chi connectivity index (χ2v) is 9.74. The minimum Gasteiger partial charge on any atom is -0.507 e. The molecule has 0 bridgehead atoms. The minimum atomic E-state index is -0.829. The second-order valence-electron chi connectivity index (χ2n) is 8.73. The van der Waals surface area contributed by atoms with E-state index in [1.807, 2.05) is 45.0 Å². The first-order chi connectivity index (χ1) is 16.8. The fourth-order valence-electron chi connectivity index (χ4n) is 4.46. The summed E-state index contributed by atoms with van der Waals surface area (Å²) < 4.78 is 6.22. The number of hydrogen-bond acceptors (Lipinski definition) is 6.